The molecule has 0 nitrogen and oxygen atoms in total. The number of hydrogen-bond acceptors (Lipinski definition) is 1. The number of allylic oxidation sites excluding steroid dienone is 1. The molecule has 0 radical (unpaired) electrons. The van der Waals surface area contributed by atoms with Crippen LogP contribution < -0.4 is 0 Å². The molecule has 2 atom stereocenters. The van der Waals surface area contributed by atoms with E-state index in [0.29, 0.717) is 6.42 Å². The summed E-state index contributed by atoms with van der Waals surface area (Å²) in [5, 5.41) is 0. The maximum absolute atomic E-state index is 13.7. The Balaban J connectivity index is 3.13. The molecular formula is C10H15F2IS2. The minimum absolute atomic E-state index is 0.279. The highest BCUT2D eigenvalue weighted by Crippen LogP contribution is 2.40. The molecule has 0 saturated carbocycles. The third-order valence-corrected chi connectivity index (χ3v) is 7.65. The predicted molar refractivity (Wildman–Crippen MR) is 79.9 cm³/mol. The van der Waals surface area contributed by atoms with Gasteiger partial charge >= 0.3 is 0 Å². The first-order chi connectivity index (χ1) is 7.05. The molecule has 0 aliphatic carbocycles. The fourth-order valence-corrected chi connectivity index (χ4v) is 6.07. The molecule has 0 amide bonds. The highest BCUT2D eigenvalue weighted by atomic mass is 127. The Morgan fingerprint density at radius 3 is 2.67 bits per heavy atom. The number of rotatable bonds is 4. The molecule has 0 aromatic heterocycles. The van der Waals surface area contributed by atoms with Crippen molar-refractivity contribution in [3.05, 3.63) is 9.91 Å². The Labute approximate surface area is 108 Å². The normalized spacial score (nSPS) is 25.5. The van der Waals surface area contributed by atoms with E-state index in [4.69, 9.17) is 0 Å². The Bertz CT molecular complexity index is 336. The monoisotopic (exact) mass is 364 g/mol. The molecule has 1 aliphatic rings. The third kappa shape index (κ3) is 3.12. The van der Waals surface area contributed by atoms with Crippen molar-refractivity contribution >= 4 is 52.4 Å². The minimum Gasteiger partial charge on any atom is -0.206 e. The summed E-state index contributed by atoms with van der Waals surface area (Å²) in [7, 11) is -1.51. The second kappa shape index (κ2) is 5.91. The summed E-state index contributed by atoms with van der Waals surface area (Å²) >= 11 is 3.97. The van der Waals surface area contributed by atoms with Crippen LogP contribution in [-0.4, -0.2) is 13.0 Å². The van der Waals surface area contributed by atoms with Crippen molar-refractivity contribution in [2.75, 3.05) is 0 Å². The number of hydrogen-bond donors (Lipinski definition) is 1. The Morgan fingerprint density at radius 1 is 1.53 bits per heavy atom. The predicted octanol–water partition coefficient (Wildman–Crippen LogP) is 4.75. The number of thiol groups is 1. The highest BCUT2D eigenvalue weighted by molar-refractivity contribution is 14.2. The molecule has 2 unspecified atom stereocenters. The van der Waals surface area contributed by atoms with Gasteiger partial charge in [0.1, 0.15) is 5.83 Å². The van der Waals surface area contributed by atoms with Crippen LogP contribution >= 0.6 is 44.2 Å². The minimum atomic E-state index is -1.51. The molecule has 0 aromatic carbocycles. The summed E-state index contributed by atoms with van der Waals surface area (Å²) in [5.74, 6) is -0.346. The average molecular weight is 364 g/mol. The van der Waals surface area contributed by atoms with Crippen LogP contribution in [0, 0.1) is 0 Å². The van der Waals surface area contributed by atoms with Crippen molar-refractivity contribution < 1.29 is 8.28 Å². The van der Waals surface area contributed by atoms with E-state index in [1.54, 1.807) is 7.43 Å². The van der Waals surface area contributed by atoms with E-state index in [1.807, 2.05) is 13.8 Å². The second-order valence-electron chi connectivity index (χ2n) is 3.42. The van der Waals surface area contributed by atoms with Crippen LogP contribution in [0.5, 0.6) is 0 Å². The first-order valence-corrected chi connectivity index (χ1v) is 8.98. The molecule has 0 N–H and O–H groups in total. The van der Waals surface area contributed by atoms with Crippen LogP contribution in [0.3, 0.4) is 0 Å². The summed E-state index contributed by atoms with van der Waals surface area (Å²) in [6, 6.07) is 0. The molecule has 1 rings (SSSR count). The third-order valence-electron chi connectivity index (χ3n) is 2.37. The zero-order chi connectivity index (χ0) is 11.5. The van der Waals surface area contributed by atoms with Gasteiger partial charge in [-0.05, 0) is 12.8 Å². The van der Waals surface area contributed by atoms with Gasteiger partial charge in [0.05, 0.1) is 4.86 Å². The molecule has 0 bridgehead atoms. The Morgan fingerprint density at radius 2 is 2.20 bits per heavy atom. The van der Waals surface area contributed by atoms with E-state index in [2.05, 4.69) is 12.6 Å². The topological polar surface area (TPSA) is 0 Å². The summed E-state index contributed by atoms with van der Waals surface area (Å²) in [4.78, 5) is 0.279. The summed E-state index contributed by atoms with van der Waals surface area (Å²) in [5.41, 5.74) is 0. The van der Waals surface area contributed by atoms with Gasteiger partial charge in [-0.15, -0.1) is 0 Å². The van der Waals surface area contributed by atoms with E-state index in [-0.39, 0.29) is 10.7 Å². The van der Waals surface area contributed by atoms with Gasteiger partial charge in [-0.3, -0.25) is 0 Å². The van der Waals surface area contributed by atoms with Crippen molar-refractivity contribution in [3.8, 4) is 0 Å². The van der Waals surface area contributed by atoms with E-state index in [0.717, 1.165) is 12.8 Å². The zero-order valence-corrected chi connectivity index (χ0v) is 12.6. The van der Waals surface area contributed by atoms with Gasteiger partial charge in [-0.1, -0.05) is 41.0 Å². The lowest BCUT2D eigenvalue weighted by atomic mass is 9.95. The summed E-state index contributed by atoms with van der Waals surface area (Å²) in [6.07, 6.45) is 2.28. The second-order valence-corrected chi connectivity index (χ2v) is 8.30. The van der Waals surface area contributed by atoms with Crippen LogP contribution in [0.1, 0.15) is 33.1 Å². The van der Waals surface area contributed by atoms with Crippen molar-refractivity contribution in [3.63, 3.8) is 0 Å². The van der Waals surface area contributed by atoms with E-state index in [9.17, 15) is 8.28 Å². The van der Waals surface area contributed by atoms with Crippen LogP contribution in [0.25, 0.3) is 0 Å². The van der Waals surface area contributed by atoms with Crippen LogP contribution in [0.15, 0.2) is 9.91 Å². The van der Waals surface area contributed by atoms with Crippen LogP contribution in [0.2, 0.25) is 0 Å². The van der Waals surface area contributed by atoms with Crippen molar-refractivity contribution in [2.45, 2.75) is 37.9 Å². The molecule has 88 valence electrons. The molecular weight excluding hydrogens is 349 g/mol. The molecule has 1 heterocycles. The molecule has 0 fully saturated rings. The summed E-state index contributed by atoms with van der Waals surface area (Å²) < 4.78 is 30.0. The van der Waals surface area contributed by atoms with E-state index < -0.39 is 36.3 Å². The zero-order valence-electron chi connectivity index (χ0n) is 8.77. The molecule has 0 saturated heterocycles. The lowest BCUT2D eigenvalue weighted by Gasteiger charge is -2.29. The SMILES string of the molecule is CCCC(S)(CC)C1=S(F)C=IC=C1F. The smallest absolute Gasteiger partial charge is 0.141 e. The quantitative estimate of drug-likeness (QED) is 0.416. The molecule has 0 aromatic rings. The molecule has 0 spiro atoms. The van der Waals surface area contributed by atoms with Gasteiger partial charge < -0.3 is 0 Å². The lowest BCUT2D eigenvalue weighted by Crippen LogP contribution is -2.32. The number of halogens is 3. The van der Waals surface area contributed by atoms with Gasteiger partial charge in [0.25, 0.3) is 0 Å². The Kier molecular flexibility index (Phi) is 5.45. The standard InChI is InChI=1S/C10H15F2IS2/c1-3-5-10(14,4-2)9-8(11)6-13-7-15(9)12/h6-7,14H,3-5H2,1-2H3. The van der Waals surface area contributed by atoms with Gasteiger partial charge in [0.15, 0.2) is 0 Å². The maximum atomic E-state index is 13.7. The van der Waals surface area contributed by atoms with Gasteiger partial charge in [0, 0.05) is 23.0 Å². The van der Waals surface area contributed by atoms with Crippen LogP contribution in [-0.2, 0) is 0 Å². The fourth-order valence-electron chi connectivity index (χ4n) is 1.58. The first kappa shape index (κ1) is 13.8. The summed E-state index contributed by atoms with van der Waals surface area (Å²) in [6.45, 7) is 3.95. The van der Waals surface area contributed by atoms with E-state index >= 15 is 0 Å². The van der Waals surface area contributed by atoms with Gasteiger partial charge in [-0.25, -0.2) is 4.39 Å². The molecule has 1 aliphatic heterocycles. The average Bonchev–Trinajstić information content (AvgIpc) is 2.18. The van der Waals surface area contributed by atoms with Crippen molar-refractivity contribution in [1.82, 2.24) is 0 Å². The van der Waals surface area contributed by atoms with Gasteiger partial charge in [-0.2, -0.15) is 16.5 Å². The molecule has 15 heavy (non-hydrogen) atoms. The van der Waals surface area contributed by atoms with E-state index in [1.165, 1.54) is 0 Å². The maximum Gasteiger partial charge on any atom is 0.141 e. The van der Waals surface area contributed by atoms with Gasteiger partial charge in [0.2, 0.25) is 0 Å². The first-order valence-electron chi connectivity index (χ1n) is 4.85. The largest absolute Gasteiger partial charge is 0.206 e. The van der Waals surface area contributed by atoms with Crippen molar-refractivity contribution in [2.24, 2.45) is 0 Å². The lowest BCUT2D eigenvalue weighted by molar-refractivity contribution is 0.620. The van der Waals surface area contributed by atoms with Crippen molar-refractivity contribution in [1.29, 1.82) is 0 Å². The van der Waals surface area contributed by atoms with Crippen LogP contribution in [0.4, 0.5) is 8.28 Å². The highest BCUT2D eigenvalue weighted by Gasteiger charge is 2.33. The molecule has 5 heteroatoms. The Hall–Kier alpha value is 0.770. The fraction of sp³-hybridized carbons (Fsp3) is 0.600.